The molecule has 262 valence electrons. The Morgan fingerprint density at radius 2 is 1.51 bits per heavy atom. The van der Waals surface area contributed by atoms with Crippen LogP contribution in [0.1, 0.15) is 79.5 Å². The van der Waals surface area contributed by atoms with E-state index in [9.17, 15) is 14.7 Å². The van der Waals surface area contributed by atoms with Crippen LogP contribution in [0.15, 0.2) is 131 Å². The number of fused-ring (bicyclic) bond motifs is 5. The van der Waals surface area contributed by atoms with Crippen molar-refractivity contribution in [2.24, 2.45) is 34.5 Å². The zero-order valence-corrected chi connectivity index (χ0v) is 29.5. The number of carbonyl (C=O) groups excluding carboxylic acids is 2. The van der Waals surface area contributed by atoms with Gasteiger partial charge in [-0.25, -0.2) is 4.79 Å². The number of furan rings is 1. The third kappa shape index (κ3) is 5.55. The Labute approximate surface area is 300 Å². The summed E-state index contributed by atoms with van der Waals surface area (Å²) in [6.07, 6.45) is 7.81. The minimum Gasteiger partial charge on any atom is -0.456 e. The summed E-state index contributed by atoms with van der Waals surface area (Å²) in [5, 5.41) is 11.8. The molecule has 3 fully saturated rings. The van der Waals surface area contributed by atoms with E-state index >= 15 is 0 Å². The van der Waals surface area contributed by atoms with Gasteiger partial charge in [0.05, 0.1) is 6.10 Å². The molecule has 4 aliphatic rings. The molecule has 4 aliphatic carbocycles. The van der Waals surface area contributed by atoms with E-state index < -0.39 is 17.7 Å². The highest BCUT2D eigenvalue weighted by molar-refractivity contribution is 6.01. The van der Waals surface area contributed by atoms with Crippen LogP contribution >= 0.6 is 0 Å². The molecule has 8 rings (SSSR count). The minimum absolute atomic E-state index is 0.0315. The fraction of sp³-hybridized carbons (Fsp3) is 0.378. The largest absolute Gasteiger partial charge is 0.456 e. The third-order valence-electron chi connectivity index (χ3n) is 12.8. The lowest BCUT2D eigenvalue weighted by atomic mass is 9.47. The summed E-state index contributed by atoms with van der Waals surface area (Å²) in [7, 11) is 0. The number of carbonyl (C=O) groups is 2. The van der Waals surface area contributed by atoms with Gasteiger partial charge in [-0.1, -0.05) is 123 Å². The smallest absolute Gasteiger partial charge is 0.374 e. The summed E-state index contributed by atoms with van der Waals surface area (Å²) < 4.78 is 19.4. The second-order valence-corrected chi connectivity index (χ2v) is 15.7. The summed E-state index contributed by atoms with van der Waals surface area (Å²) in [6, 6.07) is 34.0. The molecule has 1 heterocycles. The molecule has 8 unspecified atom stereocenters. The monoisotopic (exact) mass is 682 g/mol. The zero-order chi connectivity index (χ0) is 35.4. The molecular formula is C45H46O6. The number of allylic oxidation sites excluding steroid dienone is 4. The van der Waals surface area contributed by atoms with Crippen LogP contribution in [0.2, 0.25) is 0 Å². The summed E-state index contributed by atoms with van der Waals surface area (Å²) in [4.78, 5) is 26.0. The van der Waals surface area contributed by atoms with Gasteiger partial charge in [0.25, 0.3) is 0 Å². The molecule has 3 aromatic carbocycles. The zero-order valence-electron chi connectivity index (χ0n) is 29.5. The molecule has 0 radical (unpaired) electrons. The number of hydrogen-bond acceptors (Lipinski definition) is 6. The van der Waals surface area contributed by atoms with E-state index in [1.165, 1.54) is 0 Å². The molecule has 6 nitrogen and oxygen atoms in total. The molecule has 0 bridgehead atoms. The average molecular weight is 683 g/mol. The van der Waals surface area contributed by atoms with Gasteiger partial charge >= 0.3 is 5.97 Å². The topological polar surface area (TPSA) is 86.0 Å². The first kappa shape index (κ1) is 33.6. The maximum Gasteiger partial charge on any atom is 0.374 e. The fourth-order valence-electron chi connectivity index (χ4n) is 10.6. The number of esters is 1. The first-order valence-corrected chi connectivity index (χ1v) is 18.4. The molecule has 0 saturated heterocycles. The van der Waals surface area contributed by atoms with Gasteiger partial charge in [-0.15, -0.1) is 0 Å². The average Bonchev–Trinajstić information content (AvgIpc) is 3.72. The number of hydrogen-bond donors (Lipinski definition) is 1. The molecule has 51 heavy (non-hydrogen) atoms. The molecule has 0 aliphatic heterocycles. The van der Waals surface area contributed by atoms with Crippen LogP contribution in [0.25, 0.3) is 0 Å². The summed E-state index contributed by atoms with van der Waals surface area (Å²) in [5.41, 5.74) is 2.46. The van der Waals surface area contributed by atoms with E-state index in [4.69, 9.17) is 13.9 Å². The number of aliphatic hydroxyl groups is 1. The second kappa shape index (κ2) is 12.9. The number of ketones is 1. The molecule has 3 saturated carbocycles. The van der Waals surface area contributed by atoms with Gasteiger partial charge in [0.2, 0.25) is 5.76 Å². The molecule has 1 aromatic heterocycles. The maximum absolute atomic E-state index is 13.8. The highest BCUT2D eigenvalue weighted by atomic mass is 16.6. The van der Waals surface area contributed by atoms with Gasteiger partial charge in [-0.05, 0) is 84.4 Å². The first-order chi connectivity index (χ1) is 24.6. The molecule has 4 aromatic rings. The predicted octanol–water partition coefficient (Wildman–Crippen LogP) is 8.84. The Balaban J connectivity index is 1.02. The van der Waals surface area contributed by atoms with Crippen LogP contribution in [-0.4, -0.2) is 29.1 Å². The van der Waals surface area contributed by atoms with Crippen LogP contribution in [0.4, 0.5) is 0 Å². The van der Waals surface area contributed by atoms with Gasteiger partial charge in [-0.2, -0.15) is 0 Å². The number of ether oxygens (including phenoxy) is 2. The van der Waals surface area contributed by atoms with Crippen molar-refractivity contribution in [3.05, 3.63) is 155 Å². The Bertz CT molecular complexity index is 1860. The van der Waals surface area contributed by atoms with Crippen molar-refractivity contribution in [2.75, 3.05) is 0 Å². The van der Waals surface area contributed by atoms with Crippen molar-refractivity contribution in [3.8, 4) is 0 Å². The first-order valence-electron chi connectivity index (χ1n) is 18.4. The van der Waals surface area contributed by atoms with Crippen LogP contribution in [0.5, 0.6) is 0 Å². The quantitative estimate of drug-likeness (QED) is 0.148. The van der Waals surface area contributed by atoms with Crippen molar-refractivity contribution in [1.29, 1.82) is 0 Å². The molecular weight excluding hydrogens is 636 g/mol. The van der Waals surface area contributed by atoms with Crippen molar-refractivity contribution in [2.45, 2.75) is 70.9 Å². The normalized spacial score (nSPS) is 31.3. The fourth-order valence-corrected chi connectivity index (χ4v) is 10.6. The third-order valence-corrected chi connectivity index (χ3v) is 12.8. The molecule has 8 atom stereocenters. The minimum atomic E-state index is -0.921. The Morgan fingerprint density at radius 1 is 0.902 bits per heavy atom. The van der Waals surface area contributed by atoms with Gasteiger partial charge in [0, 0.05) is 16.7 Å². The van der Waals surface area contributed by atoms with E-state index in [1.54, 1.807) is 24.3 Å². The Hall–Kier alpha value is -4.52. The van der Waals surface area contributed by atoms with E-state index in [0.29, 0.717) is 18.1 Å². The van der Waals surface area contributed by atoms with Gasteiger partial charge in [0.1, 0.15) is 24.1 Å². The standard InChI is InChI=1S/C45H46O6/c1-29-25-37-36-21-19-33-26-34(46)23-24-43(33,2)40(36)38(47)27-44(37,3)41(29)51-42(48)39-22-20-35(50-39)28-49-45(30-13-7-4-8-14-30,31-15-9-5-10-16-31)32-17-11-6-12-18-32/h4-18,20,22-24,26,29,36-38,40-41,47H,19,21,25,27-28H2,1-3H3. The van der Waals surface area contributed by atoms with Crippen LogP contribution in [-0.2, 0) is 26.5 Å². The lowest BCUT2D eigenvalue weighted by Gasteiger charge is -2.58. The lowest BCUT2D eigenvalue weighted by molar-refractivity contribution is -0.133. The van der Waals surface area contributed by atoms with E-state index in [1.807, 2.05) is 60.7 Å². The van der Waals surface area contributed by atoms with E-state index in [2.05, 4.69) is 57.2 Å². The van der Waals surface area contributed by atoms with Crippen LogP contribution in [0, 0.1) is 34.5 Å². The van der Waals surface area contributed by atoms with Gasteiger partial charge in [0.15, 0.2) is 5.78 Å². The Kier molecular flexibility index (Phi) is 8.51. The predicted molar refractivity (Wildman–Crippen MR) is 194 cm³/mol. The van der Waals surface area contributed by atoms with Crippen molar-refractivity contribution in [1.82, 2.24) is 0 Å². The van der Waals surface area contributed by atoms with Crippen molar-refractivity contribution in [3.63, 3.8) is 0 Å². The lowest BCUT2D eigenvalue weighted by Crippen LogP contribution is -2.57. The second-order valence-electron chi connectivity index (χ2n) is 15.7. The molecule has 0 amide bonds. The molecule has 6 heteroatoms. The number of benzene rings is 3. The van der Waals surface area contributed by atoms with E-state index in [0.717, 1.165) is 41.5 Å². The summed E-state index contributed by atoms with van der Waals surface area (Å²) in [5.74, 6) is 0.936. The number of rotatable bonds is 8. The number of aliphatic hydroxyl groups excluding tert-OH is 1. The molecule has 0 spiro atoms. The van der Waals surface area contributed by atoms with Crippen molar-refractivity contribution >= 4 is 11.8 Å². The SMILES string of the molecule is CC1CC2C3CCC4=CC(=O)C=CC4(C)C3C(O)CC2(C)C1OC(=O)c1ccc(COC(c2ccccc2)(c2ccccc2)c2ccccc2)o1. The van der Waals surface area contributed by atoms with Gasteiger partial charge in [-0.3, -0.25) is 4.79 Å². The molecule has 1 N–H and O–H groups in total. The summed E-state index contributed by atoms with van der Waals surface area (Å²) >= 11 is 0. The van der Waals surface area contributed by atoms with E-state index in [-0.39, 0.29) is 52.8 Å². The Morgan fingerprint density at radius 3 is 2.12 bits per heavy atom. The van der Waals surface area contributed by atoms with Crippen molar-refractivity contribution < 1.29 is 28.6 Å². The maximum atomic E-state index is 13.8. The highest BCUT2D eigenvalue weighted by Gasteiger charge is 2.64. The van der Waals surface area contributed by atoms with Gasteiger partial charge < -0.3 is 19.0 Å². The van der Waals surface area contributed by atoms with Crippen LogP contribution in [0.3, 0.4) is 0 Å². The summed E-state index contributed by atoms with van der Waals surface area (Å²) in [6.45, 7) is 6.66. The highest BCUT2D eigenvalue weighted by Crippen LogP contribution is 2.66. The van der Waals surface area contributed by atoms with Crippen LogP contribution < -0.4 is 0 Å².